The molecule has 8 heteroatoms. The zero-order valence-corrected chi connectivity index (χ0v) is 8.55. The third kappa shape index (κ3) is 2.21. The van der Waals surface area contributed by atoms with E-state index in [-0.39, 0.29) is 5.69 Å². The smallest absolute Gasteiger partial charge is 0.267 e. The summed E-state index contributed by atoms with van der Waals surface area (Å²) in [5.74, 6) is 0. The minimum absolute atomic E-state index is 0.000556. The van der Waals surface area contributed by atoms with Gasteiger partial charge in [-0.2, -0.15) is 0 Å². The SMILES string of the molecule is Cc1ncc(C(F)F)c(N)c1S(N)(=O)=O. The van der Waals surface area contributed by atoms with Gasteiger partial charge in [-0.05, 0) is 6.92 Å². The van der Waals surface area contributed by atoms with Gasteiger partial charge >= 0.3 is 0 Å². The number of nitrogens with zero attached hydrogens (tertiary/aromatic N) is 1. The van der Waals surface area contributed by atoms with Gasteiger partial charge in [0.2, 0.25) is 10.0 Å². The molecule has 84 valence electrons. The number of alkyl halides is 2. The van der Waals surface area contributed by atoms with Crippen LogP contribution in [-0.2, 0) is 10.0 Å². The number of primary sulfonamides is 1. The summed E-state index contributed by atoms with van der Waals surface area (Å²) in [5, 5.41) is 4.83. The largest absolute Gasteiger partial charge is 0.397 e. The Kier molecular flexibility index (Phi) is 2.91. The summed E-state index contributed by atoms with van der Waals surface area (Å²) < 4.78 is 46.9. The second-order valence-corrected chi connectivity index (χ2v) is 4.39. The van der Waals surface area contributed by atoms with E-state index in [0.717, 1.165) is 6.20 Å². The number of rotatable bonds is 2. The van der Waals surface area contributed by atoms with E-state index in [1.54, 1.807) is 0 Å². The summed E-state index contributed by atoms with van der Waals surface area (Å²) >= 11 is 0. The highest BCUT2D eigenvalue weighted by Crippen LogP contribution is 2.30. The molecule has 0 unspecified atom stereocenters. The molecule has 1 heterocycles. The minimum Gasteiger partial charge on any atom is -0.397 e. The lowest BCUT2D eigenvalue weighted by atomic mass is 10.2. The summed E-state index contributed by atoms with van der Waals surface area (Å²) in [6.45, 7) is 1.32. The average Bonchev–Trinajstić information content (AvgIpc) is 2.00. The molecule has 0 amide bonds. The molecule has 0 aliphatic rings. The van der Waals surface area contributed by atoms with Gasteiger partial charge in [0.25, 0.3) is 6.43 Å². The second-order valence-electron chi connectivity index (χ2n) is 2.89. The minimum atomic E-state index is -4.14. The van der Waals surface area contributed by atoms with E-state index < -0.39 is 32.6 Å². The van der Waals surface area contributed by atoms with Gasteiger partial charge in [0.1, 0.15) is 4.90 Å². The summed E-state index contributed by atoms with van der Waals surface area (Å²) in [6.07, 6.45) is -2.05. The molecule has 0 aliphatic heterocycles. The highest BCUT2D eigenvalue weighted by Gasteiger charge is 2.23. The summed E-state index contributed by atoms with van der Waals surface area (Å²) in [6, 6.07) is 0. The molecule has 0 radical (unpaired) electrons. The van der Waals surface area contributed by atoms with E-state index in [4.69, 9.17) is 10.9 Å². The number of nitrogen functional groups attached to an aromatic ring is 1. The summed E-state index contributed by atoms with van der Waals surface area (Å²) in [5.41, 5.74) is 4.12. The highest BCUT2D eigenvalue weighted by atomic mass is 32.2. The van der Waals surface area contributed by atoms with Crippen molar-refractivity contribution in [2.75, 3.05) is 5.73 Å². The molecule has 0 atom stereocenters. The number of hydrogen-bond acceptors (Lipinski definition) is 4. The molecule has 0 aliphatic carbocycles. The van der Waals surface area contributed by atoms with Crippen molar-refractivity contribution >= 4 is 15.7 Å². The van der Waals surface area contributed by atoms with Crippen molar-refractivity contribution in [2.45, 2.75) is 18.2 Å². The van der Waals surface area contributed by atoms with Crippen LogP contribution in [0.4, 0.5) is 14.5 Å². The van der Waals surface area contributed by atoms with Gasteiger partial charge in [0.05, 0.1) is 16.9 Å². The van der Waals surface area contributed by atoms with Crippen LogP contribution in [0, 0.1) is 6.92 Å². The third-order valence-electron chi connectivity index (χ3n) is 1.80. The monoisotopic (exact) mass is 237 g/mol. The Morgan fingerprint density at radius 1 is 1.47 bits per heavy atom. The molecule has 1 rings (SSSR count). The Labute approximate surface area is 85.2 Å². The van der Waals surface area contributed by atoms with E-state index in [9.17, 15) is 17.2 Å². The van der Waals surface area contributed by atoms with Crippen LogP contribution < -0.4 is 10.9 Å². The Morgan fingerprint density at radius 2 is 2.00 bits per heavy atom. The molecule has 0 spiro atoms. The zero-order valence-electron chi connectivity index (χ0n) is 7.74. The predicted octanol–water partition coefficient (Wildman–Crippen LogP) is 0.557. The third-order valence-corrected chi connectivity index (χ3v) is 2.89. The lowest BCUT2D eigenvalue weighted by Crippen LogP contribution is -2.18. The lowest BCUT2D eigenvalue weighted by molar-refractivity contribution is 0.151. The first-order valence-corrected chi connectivity index (χ1v) is 5.35. The Morgan fingerprint density at radius 3 is 2.40 bits per heavy atom. The van der Waals surface area contributed by atoms with Crippen molar-refractivity contribution in [2.24, 2.45) is 5.14 Å². The summed E-state index contributed by atoms with van der Waals surface area (Å²) in [4.78, 5) is 2.97. The molecule has 0 fully saturated rings. The number of nitrogens with two attached hydrogens (primary N) is 2. The van der Waals surface area contributed by atoms with Gasteiger partial charge in [-0.25, -0.2) is 22.3 Å². The van der Waals surface area contributed by atoms with Crippen LogP contribution >= 0.6 is 0 Å². The molecule has 0 aromatic carbocycles. The molecule has 5 nitrogen and oxygen atoms in total. The molecule has 1 aromatic heterocycles. The fraction of sp³-hybridized carbons (Fsp3) is 0.286. The molecule has 15 heavy (non-hydrogen) atoms. The van der Waals surface area contributed by atoms with Crippen molar-refractivity contribution in [3.63, 3.8) is 0 Å². The van der Waals surface area contributed by atoms with Gasteiger partial charge in [-0.3, -0.25) is 4.98 Å². The molecular formula is C7H9F2N3O2S. The Hall–Kier alpha value is -1.28. The van der Waals surface area contributed by atoms with Crippen LogP contribution in [0.15, 0.2) is 11.1 Å². The topological polar surface area (TPSA) is 99.1 Å². The van der Waals surface area contributed by atoms with Gasteiger partial charge in [-0.1, -0.05) is 0 Å². The fourth-order valence-corrected chi connectivity index (χ4v) is 2.04. The Bertz CT molecular complexity index is 487. The zero-order chi connectivity index (χ0) is 11.8. The standard InChI is InChI=1S/C7H9F2N3O2S/c1-3-6(15(11,13)14)5(10)4(2-12-3)7(8)9/h2,7H,1H3,(H2,10,12)(H2,11,13,14). The van der Waals surface area contributed by atoms with Crippen LogP contribution in [0.3, 0.4) is 0 Å². The van der Waals surface area contributed by atoms with Crippen molar-refractivity contribution in [1.82, 2.24) is 4.98 Å². The van der Waals surface area contributed by atoms with E-state index in [1.165, 1.54) is 6.92 Å². The average molecular weight is 237 g/mol. The first kappa shape index (κ1) is 11.8. The fourth-order valence-electron chi connectivity index (χ4n) is 1.15. The second kappa shape index (κ2) is 3.70. The van der Waals surface area contributed by atoms with E-state index in [1.807, 2.05) is 0 Å². The van der Waals surface area contributed by atoms with Crippen molar-refractivity contribution in [1.29, 1.82) is 0 Å². The van der Waals surface area contributed by atoms with Gasteiger partial charge < -0.3 is 5.73 Å². The van der Waals surface area contributed by atoms with Gasteiger partial charge in [0.15, 0.2) is 0 Å². The number of aryl methyl sites for hydroxylation is 1. The molecule has 1 aromatic rings. The predicted molar refractivity (Wildman–Crippen MR) is 49.7 cm³/mol. The molecule has 0 bridgehead atoms. The molecule has 0 saturated carbocycles. The normalized spacial score (nSPS) is 12.1. The highest BCUT2D eigenvalue weighted by molar-refractivity contribution is 7.89. The van der Waals surface area contributed by atoms with E-state index in [0.29, 0.717) is 0 Å². The maximum atomic E-state index is 12.4. The van der Waals surface area contributed by atoms with Crippen molar-refractivity contribution in [3.8, 4) is 0 Å². The summed E-state index contributed by atoms with van der Waals surface area (Å²) in [7, 11) is -4.14. The van der Waals surface area contributed by atoms with Crippen LogP contribution in [-0.4, -0.2) is 13.4 Å². The van der Waals surface area contributed by atoms with Gasteiger partial charge in [0, 0.05) is 6.20 Å². The van der Waals surface area contributed by atoms with Crippen molar-refractivity contribution < 1.29 is 17.2 Å². The number of sulfonamides is 1. The molecular weight excluding hydrogens is 228 g/mol. The molecule has 0 saturated heterocycles. The van der Waals surface area contributed by atoms with Crippen LogP contribution in [0.5, 0.6) is 0 Å². The maximum absolute atomic E-state index is 12.4. The van der Waals surface area contributed by atoms with Crippen molar-refractivity contribution in [3.05, 3.63) is 17.5 Å². The van der Waals surface area contributed by atoms with Crippen LogP contribution in [0.1, 0.15) is 17.7 Å². The number of anilines is 1. The maximum Gasteiger partial charge on any atom is 0.267 e. The number of halogens is 2. The van der Waals surface area contributed by atoms with Gasteiger partial charge in [-0.15, -0.1) is 0 Å². The van der Waals surface area contributed by atoms with E-state index in [2.05, 4.69) is 4.98 Å². The first-order chi connectivity index (χ1) is 6.75. The lowest BCUT2D eigenvalue weighted by Gasteiger charge is -2.10. The number of pyridine rings is 1. The number of aromatic nitrogens is 1. The molecule has 4 N–H and O–H groups in total. The van der Waals surface area contributed by atoms with Crippen LogP contribution in [0.2, 0.25) is 0 Å². The Balaban J connectivity index is 3.59. The van der Waals surface area contributed by atoms with Crippen LogP contribution in [0.25, 0.3) is 0 Å². The number of hydrogen-bond donors (Lipinski definition) is 2. The first-order valence-electron chi connectivity index (χ1n) is 3.81. The van der Waals surface area contributed by atoms with E-state index >= 15 is 0 Å². The quantitative estimate of drug-likeness (QED) is 0.784.